The van der Waals surface area contributed by atoms with Gasteiger partial charge in [0.25, 0.3) is 5.56 Å². The van der Waals surface area contributed by atoms with E-state index in [4.69, 9.17) is 4.74 Å². The number of ether oxygens (including phenoxy) is 1. The summed E-state index contributed by atoms with van der Waals surface area (Å²) in [4.78, 5) is 33.7. The van der Waals surface area contributed by atoms with Gasteiger partial charge in [0.1, 0.15) is 11.6 Å². The summed E-state index contributed by atoms with van der Waals surface area (Å²) in [6.45, 7) is 5.86. The van der Waals surface area contributed by atoms with E-state index < -0.39 is 6.04 Å². The van der Waals surface area contributed by atoms with Crippen molar-refractivity contribution in [2.24, 2.45) is 0 Å². The Labute approximate surface area is 203 Å². The fourth-order valence-electron chi connectivity index (χ4n) is 4.48. The van der Waals surface area contributed by atoms with Crippen LogP contribution in [-0.2, 0) is 11.3 Å². The van der Waals surface area contributed by atoms with E-state index in [-0.39, 0.29) is 28.8 Å². The minimum absolute atomic E-state index is 0.114. The van der Waals surface area contributed by atoms with Gasteiger partial charge in [-0.05, 0) is 49.2 Å². The molecule has 0 bridgehead atoms. The second kappa shape index (κ2) is 10.7. The third kappa shape index (κ3) is 5.35. The van der Waals surface area contributed by atoms with Gasteiger partial charge in [-0.1, -0.05) is 18.2 Å². The summed E-state index contributed by atoms with van der Waals surface area (Å²) in [6.07, 6.45) is 2.99. The number of piperazine rings is 1. The van der Waals surface area contributed by atoms with Gasteiger partial charge in [0.2, 0.25) is 0 Å². The topological polar surface area (TPSA) is 87.9 Å². The number of amides is 1. The smallest absolute Gasteiger partial charge is 0.409 e. The summed E-state index contributed by atoms with van der Waals surface area (Å²) < 4.78 is 20.5. The molecule has 0 radical (unpaired) electrons. The molecule has 3 heterocycles. The molecule has 3 aromatic rings. The van der Waals surface area contributed by atoms with E-state index >= 15 is 0 Å². The van der Waals surface area contributed by atoms with Gasteiger partial charge in [-0.25, -0.2) is 9.18 Å². The summed E-state index contributed by atoms with van der Waals surface area (Å²) in [5.41, 5.74) is 2.05. The van der Waals surface area contributed by atoms with E-state index in [2.05, 4.69) is 4.98 Å². The zero-order valence-corrected chi connectivity index (χ0v) is 19.9. The summed E-state index contributed by atoms with van der Waals surface area (Å²) in [5.74, 6) is -0.501. The highest BCUT2D eigenvalue weighted by molar-refractivity contribution is 5.67. The Morgan fingerprint density at radius 3 is 2.51 bits per heavy atom. The Morgan fingerprint density at radius 1 is 1.17 bits per heavy atom. The minimum atomic E-state index is -0.617. The van der Waals surface area contributed by atoms with Crippen LogP contribution in [0.5, 0.6) is 5.75 Å². The SMILES string of the molecule is CCOC(=O)N1CCN(C(c2ccc(F)cc2)c2c(O)cc(C)n(Cc3cccnc3)c2=O)CC1. The van der Waals surface area contributed by atoms with Crippen molar-refractivity contribution < 1.29 is 19.0 Å². The van der Waals surface area contributed by atoms with Gasteiger partial charge >= 0.3 is 6.09 Å². The highest BCUT2D eigenvalue weighted by Crippen LogP contribution is 2.33. The number of rotatable bonds is 6. The first-order valence-corrected chi connectivity index (χ1v) is 11.6. The zero-order valence-electron chi connectivity index (χ0n) is 19.9. The monoisotopic (exact) mass is 480 g/mol. The number of aryl methyl sites for hydroxylation is 1. The van der Waals surface area contributed by atoms with Gasteiger partial charge < -0.3 is 19.3 Å². The first-order chi connectivity index (χ1) is 16.9. The molecule has 0 spiro atoms. The first kappa shape index (κ1) is 24.4. The van der Waals surface area contributed by atoms with E-state index in [1.807, 2.05) is 11.0 Å². The van der Waals surface area contributed by atoms with Crippen molar-refractivity contribution in [3.63, 3.8) is 0 Å². The maximum Gasteiger partial charge on any atom is 0.409 e. The van der Waals surface area contributed by atoms with Gasteiger partial charge in [-0.15, -0.1) is 0 Å². The molecule has 2 aromatic heterocycles. The number of carbonyl (C=O) groups is 1. The molecule has 0 aliphatic carbocycles. The lowest BCUT2D eigenvalue weighted by molar-refractivity contribution is 0.0709. The van der Waals surface area contributed by atoms with Crippen molar-refractivity contribution in [3.05, 3.63) is 93.4 Å². The number of carbonyl (C=O) groups excluding carboxylic acids is 1. The van der Waals surface area contributed by atoms with Crippen molar-refractivity contribution >= 4 is 6.09 Å². The second-order valence-electron chi connectivity index (χ2n) is 8.51. The van der Waals surface area contributed by atoms with Crippen LogP contribution in [0.2, 0.25) is 0 Å². The van der Waals surface area contributed by atoms with Crippen LogP contribution in [-0.4, -0.2) is 63.3 Å². The molecule has 1 atom stereocenters. The van der Waals surface area contributed by atoms with Crippen molar-refractivity contribution in [1.82, 2.24) is 19.4 Å². The maximum absolute atomic E-state index is 13.8. The molecular formula is C26H29FN4O4. The van der Waals surface area contributed by atoms with E-state index in [0.29, 0.717) is 50.6 Å². The Bertz CT molecular complexity index is 1220. The summed E-state index contributed by atoms with van der Waals surface area (Å²) >= 11 is 0. The first-order valence-electron chi connectivity index (χ1n) is 11.6. The van der Waals surface area contributed by atoms with Gasteiger partial charge in [0.15, 0.2) is 0 Å². The Morgan fingerprint density at radius 2 is 1.89 bits per heavy atom. The molecule has 1 unspecified atom stereocenters. The lowest BCUT2D eigenvalue weighted by Gasteiger charge is -2.39. The number of halogens is 1. The molecule has 1 amide bonds. The van der Waals surface area contributed by atoms with E-state index in [9.17, 15) is 19.1 Å². The standard InChI is InChI=1S/C26H29FN4O4/c1-3-35-26(34)30-13-11-29(12-14-30)24(20-6-8-21(27)9-7-20)23-22(32)15-18(2)31(25(23)33)17-19-5-4-10-28-16-19/h4-10,15-16,24,32H,3,11-14,17H2,1-2H3. The van der Waals surface area contributed by atoms with Crippen LogP contribution in [0.4, 0.5) is 9.18 Å². The summed E-state index contributed by atoms with van der Waals surface area (Å²) in [6, 6.07) is 10.6. The lowest BCUT2D eigenvalue weighted by Crippen LogP contribution is -2.50. The van der Waals surface area contributed by atoms with Crippen LogP contribution in [0.1, 0.15) is 35.3 Å². The molecule has 35 heavy (non-hydrogen) atoms. The molecular weight excluding hydrogens is 451 g/mol. The third-order valence-electron chi connectivity index (χ3n) is 6.25. The minimum Gasteiger partial charge on any atom is -0.507 e. The van der Waals surface area contributed by atoms with Crippen LogP contribution in [0.15, 0.2) is 59.7 Å². The van der Waals surface area contributed by atoms with E-state index in [1.165, 1.54) is 12.1 Å². The number of nitrogens with zero attached hydrogens (tertiary/aromatic N) is 4. The van der Waals surface area contributed by atoms with Gasteiger partial charge in [-0.3, -0.25) is 14.7 Å². The molecule has 4 rings (SSSR count). The Balaban J connectivity index is 1.74. The van der Waals surface area contributed by atoms with Crippen molar-refractivity contribution in [1.29, 1.82) is 0 Å². The number of benzene rings is 1. The fraction of sp³-hybridized carbons (Fsp3) is 0.346. The zero-order chi connectivity index (χ0) is 24.9. The molecule has 0 saturated carbocycles. The Kier molecular flexibility index (Phi) is 7.45. The molecule has 1 fully saturated rings. The maximum atomic E-state index is 13.8. The van der Waals surface area contributed by atoms with Gasteiger partial charge in [0, 0.05) is 44.3 Å². The van der Waals surface area contributed by atoms with Crippen LogP contribution in [0.25, 0.3) is 0 Å². The van der Waals surface area contributed by atoms with Crippen molar-refractivity contribution in [3.8, 4) is 5.75 Å². The molecule has 1 aliphatic rings. The number of hydrogen-bond donors (Lipinski definition) is 1. The fourth-order valence-corrected chi connectivity index (χ4v) is 4.48. The third-order valence-corrected chi connectivity index (χ3v) is 6.25. The van der Waals surface area contributed by atoms with E-state index in [0.717, 1.165) is 5.56 Å². The van der Waals surface area contributed by atoms with Crippen LogP contribution < -0.4 is 5.56 Å². The van der Waals surface area contributed by atoms with Crippen LogP contribution >= 0.6 is 0 Å². The predicted octanol–water partition coefficient (Wildman–Crippen LogP) is 3.31. The average Bonchev–Trinajstić information content (AvgIpc) is 2.86. The molecule has 8 nitrogen and oxygen atoms in total. The van der Waals surface area contributed by atoms with Crippen LogP contribution in [0.3, 0.4) is 0 Å². The quantitative estimate of drug-likeness (QED) is 0.583. The summed E-state index contributed by atoms with van der Waals surface area (Å²) in [5, 5.41) is 11.0. The molecule has 1 N–H and O–H groups in total. The summed E-state index contributed by atoms with van der Waals surface area (Å²) in [7, 11) is 0. The van der Waals surface area contributed by atoms with Gasteiger partial charge in [-0.2, -0.15) is 0 Å². The number of pyridine rings is 2. The average molecular weight is 481 g/mol. The molecule has 1 saturated heterocycles. The predicted molar refractivity (Wildman–Crippen MR) is 129 cm³/mol. The molecule has 1 aromatic carbocycles. The molecule has 9 heteroatoms. The van der Waals surface area contributed by atoms with Crippen LogP contribution in [0, 0.1) is 12.7 Å². The largest absolute Gasteiger partial charge is 0.507 e. The number of aromatic nitrogens is 2. The Hall–Kier alpha value is -3.72. The molecule has 184 valence electrons. The lowest BCUT2D eigenvalue weighted by atomic mass is 9.96. The van der Waals surface area contributed by atoms with Gasteiger partial charge in [0.05, 0.1) is 24.8 Å². The van der Waals surface area contributed by atoms with E-state index in [1.54, 1.807) is 60.0 Å². The highest BCUT2D eigenvalue weighted by atomic mass is 19.1. The van der Waals surface area contributed by atoms with Crippen molar-refractivity contribution in [2.75, 3.05) is 32.8 Å². The second-order valence-corrected chi connectivity index (χ2v) is 8.51. The molecule has 1 aliphatic heterocycles. The highest BCUT2D eigenvalue weighted by Gasteiger charge is 2.32. The van der Waals surface area contributed by atoms with Crippen molar-refractivity contribution in [2.45, 2.75) is 26.4 Å². The number of hydrogen-bond acceptors (Lipinski definition) is 6. The normalized spacial score (nSPS) is 15.1. The number of aromatic hydroxyl groups is 1.